The number of pyridine rings is 1. The van der Waals surface area contributed by atoms with Crippen LogP contribution in [0.4, 0.5) is 0 Å². The molecular formula is C17H27N3O. The summed E-state index contributed by atoms with van der Waals surface area (Å²) in [5, 5.41) is 0. The zero-order valence-corrected chi connectivity index (χ0v) is 13.2. The number of hydrogen-bond acceptors (Lipinski definition) is 3. The topological polar surface area (TPSA) is 59.2 Å². The van der Waals surface area contributed by atoms with Crippen LogP contribution in [0.3, 0.4) is 0 Å². The molecule has 1 fully saturated rings. The van der Waals surface area contributed by atoms with Crippen LogP contribution >= 0.6 is 0 Å². The Morgan fingerprint density at radius 3 is 2.57 bits per heavy atom. The number of nitrogens with zero attached hydrogens (tertiary/aromatic N) is 2. The molecule has 4 nitrogen and oxygen atoms in total. The summed E-state index contributed by atoms with van der Waals surface area (Å²) in [7, 11) is 0. The largest absolute Gasteiger partial charge is 0.334 e. The molecule has 0 saturated heterocycles. The van der Waals surface area contributed by atoms with Crippen molar-refractivity contribution in [1.29, 1.82) is 0 Å². The third-order valence-corrected chi connectivity index (χ3v) is 4.60. The number of nitrogens with two attached hydrogens (primary N) is 1. The SMILES string of the molecule is CC(C)N(Cc1ccccn1)C(=O)C1(CN)CCCCC1. The van der Waals surface area contributed by atoms with E-state index in [1.54, 1.807) is 6.20 Å². The number of amides is 1. The van der Waals surface area contributed by atoms with Crippen LogP contribution in [0.15, 0.2) is 24.4 Å². The molecule has 0 aliphatic heterocycles. The van der Waals surface area contributed by atoms with Gasteiger partial charge in [-0.25, -0.2) is 0 Å². The lowest BCUT2D eigenvalue weighted by Gasteiger charge is -2.40. The lowest BCUT2D eigenvalue weighted by molar-refractivity contribution is -0.146. The molecule has 0 spiro atoms. The zero-order chi connectivity index (χ0) is 15.3. The second-order valence-corrected chi connectivity index (χ2v) is 6.39. The van der Waals surface area contributed by atoms with E-state index in [2.05, 4.69) is 18.8 Å². The van der Waals surface area contributed by atoms with Crippen molar-refractivity contribution in [3.05, 3.63) is 30.1 Å². The van der Waals surface area contributed by atoms with Gasteiger partial charge in [-0.05, 0) is 38.8 Å². The summed E-state index contributed by atoms with van der Waals surface area (Å²) < 4.78 is 0. The third-order valence-electron chi connectivity index (χ3n) is 4.60. The Hall–Kier alpha value is -1.42. The zero-order valence-electron chi connectivity index (χ0n) is 13.2. The molecule has 1 heterocycles. The third kappa shape index (κ3) is 3.62. The summed E-state index contributed by atoms with van der Waals surface area (Å²) in [4.78, 5) is 19.4. The predicted molar refractivity (Wildman–Crippen MR) is 84.5 cm³/mol. The fourth-order valence-electron chi connectivity index (χ4n) is 3.19. The maximum atomic E-state index is 13.1. The molecule has 1 aliphatic rings. The van der Waals surface area contributed by atoms with Crippen molar-refractivity contribution in [2.75, 3.05) is 6.54 Å². The first-order valence-electron chi connectivity index (χ1n) is 8.00. The van der Waals surface area contributed by atoms with Gasteiger partial charge in [-0.1, -0.05) is 25.3 Å². The Bertz CT molecular complexity index is 452. The van der Waals surface area contributed by atoms with E-state index in [4.69, 9.17) is 5.73 Å². The van der Waals surface area contributed by atoms with Crippen molar-refractivity contribution >= 4 is 5.91 Å². The van der Waals surface area contributed by atoms with Crippen molar-refractivity contribution in [3.63, 3.8) is 0 Å². The van der Waals surface area contributed by atoms with Gasteiger partial charge in [-0.2, -0.15) is 0 Å². The minimum absolute atomic E-state index is 0.157. The highest BCUT2D eigenvalue weighted by Crippen LogP contribution is 2.37. The molecule has 0 radical (unpaired) electrons. The molecule has 0 aromatic carbocycles. The molecule has 0 unspecified atom stereocenters. The van der Waals surface area contributed by atoms with Gasteiger partial charge in [0.2, 0.25) is 5.91 Å². The molecule has 1 aliphatic carbocycles. The van der Waals surface area contributed by atoms with Gasteiger partial charge >= 0.3 is 0 Å². The Morgan fingerprint density at radius 2 is 2.05 bits per heavy atom. The maximum Gasteiger partial charge on any atom is 0.230 e. The molecule has 116 valence electrons. The maximum absolute atomic E-state index is 13.1. The van der Waals surface area contributed by atoms with E-state index in [0.717, 1.165) is 31.4 Å². The second-order valence-electron chi connectivity index (χ2n) is 6.39. The number of carbonyl (C=O) groups excluding carboxylic acids is 1. The molecule has 1 amide bonds. The van der Waals surface area contributed by atoms with Crippen molar-refractivity contribution < 1.29 is 4.79 Å². The van der Waals surface area contributed by atoms with Gasteiger partial charge in [0.05, 0.1) is 17.7 Å². The van der Waals surface area contributed by atoms with Gasteiger partial charge in [-0.15, -0.1) is 0 Å². The van der Waals surface area contributed by atoms with Crippen molar-refractivity contribution in [2.45, 2.75) is 58.5 Å². The number of carbonyl (C=O) groups is 1. The number of hydrogen-bond donors (Lipinski definition) is 1. The van der Waals surface area contributed by atoms with Gasteiger partial charge in [0.15, 0.2) is 0 Å². The van der Waals surface area contributed by atoms with Gasteiger partial charge in [0.1, 0.15) is 0 Å². The molecule has 0 atom stereocenters. The Kier molecular flexibility index (Phi) is 5.34. The van der Waals surface area contributed by atoms with Crippen LogP contribution in [0.1, 0.15) is 51.6 Å². The number of aromatic nitrogens is 1. The van der Waals surface area contributed by atoms with E-state index < -0.39 is 0 Å². The van der Waals surface area contributed by atoms with Crippen LogP contribution in [-0.2, 0) is 11.3 Å². The van der Waals surface area contributed by atoms with Gasteiger partial charge in [-0.3, -0.25) is 9.78 Å². The fraction of sp³-hybridized carbons (Fsp3) is 0.647. The van der Waals surface area contributed by atoms with Gasteiger partial charge in [0, 0.05) is 18.8 Å². The second kappa shape index (κ2) is 7.03. The molecule has 1 saturated carbocycles. The molecule has 0 bridgehead atoms. The molecule has 2 N–H and O–H groups in total. The number of rotatable bonds is 5. The molecule has 21 heavy (non-hydrogen) atoms. The quantitative estimate of drug-likeness (QED) is 0.906. The fourth-order valence-corrected chi connectivity index (χ4v) is 3.19. The smallest absolute Gasteiger partial charge is 0.230 e. The first-order chi connectivity index (χ1) is 10.1. The van der Waals surface area contributed by atoms with E-state index in [1.807, 2.05) is 23.1 Å². The molecule has 1 aromatic rings. The highest BCUT2D eigenvalue weighted by atomic mass is 16.2. The monoisotopic (exact) mass is 289 g/mol. The normalized spacial score (nSPS) is 17.7. The first kappa shape index (κ1) is 16.0. The Morgan fingerprint density at radius 1 is 1.33 bits per heavy atom. The summed E-state index contributed by atoms with van der Waals surface area (Å²) in [6.07, 6.45) is 7.06. The average Bonchev–Trinajstić information content (AvgIpc) is 2.53. The summed E-state index contributed by atoms with van der Waals surface area (Å²) in [5.74, 6) is 0.213. The summed E-state index contributed by atoms with van der Waals surface area (Å²) in [6.45, 7) is 5.15. The minimum atomic E-state index is -0.350. The van der Waals surface area contributed by atoms with Crippen molar-refractivity contribution in [2.24, 2.45) is 11.1 Å². The first-order valence-corrected chi connectivity index (χ1v) is 8.00. The van der Waals surface area contributed by atoms with E-state index in [1.165, 1.54) is 6.42 Å². The summed E-state index contributed by atoms with van der Waals surface area (Å²) in [5.41, 5.74) is 6.59. The Balaban J connectivity index is 2.18. The van der Waals surface area contributed by atoms with Crippen LogP contribution in [0.5, 0.6) is 0 Å². The van der Waals surface area contributed by atoms with Crippen molar-refractivity contribution in [1.82, 2.24) is 9.88 Å². The average molecular weight is 289 g/mol. The lowest BCUT2D eigenvalue weighted by atomic mass is 9.73. The van der Waals surface area contributed by atoms with E-state index >= 15 is 0 Å². The highest BCUT2D eigenvalue weighted by molar-refractivity contribution is 5.83. The predicted octanol–water partition coefficient (Wildman–Crippen LogP) is 2.73. The van der Waals surface area contributed by atoms with Gasteiger partial charge in [0.25, 0.3) is 0 Å². The van der Waals surface area contributed by atoms with E-state index in [-0.39, 0.29) is 17.4 Å². The minimum Gasteiger partial charge on any atom is -0.334 e. The molecule has 1 aromatic heterocycles. The highest BCUT2D eigenvalue weighted by Gasteiger charge is 2.41. The van der Waals surface area contributed by atoms with E-state index in [0.29, 0.717) is 13.1 Å². The lowest BCUT2D eigenvalue weighted by Crippen LogP contribution is -2.51. The van der Waals surface area contributed by atoms with Crippen LogP contribution in [0.2, 0.25) is 0 Å². The molecular weight excluding hydrogens is 262 g/mol. The standard InChI is InChI=1S/C17H27N3O/c1-14(2)20(12-15-8-4-7-11-19-15)16(21)17(13-18)9-5-3-6-10-17/h4,7-8,11,14H,3,5-6,9-10,12-13,18H2,1-2H3. The molecule has 2 rings (SSSR count). The summed E-state index contributed by atoms with van der Waals surface area (Å²) >= 11 is 0. The van der Waals surface area contributed by atoms with Crippen LogP contribution in [0.25, 0.3) is 0 Å². The summed E-state index contributed by atoms with van der Waals surface area (Å²) in [6, 6.07) is 5.99. The van der Waals surface area contributed by atoms with Crippen LogP contribution in [0, 0.1) is 5.41 Å². The van der Waals surface area contributed by atoms with Crippen LogP contribution in [-0.4, -0.2) is 28.4 Å². The van der Waals surface area contributed by atoms with Crippen LogP contribution < -0.4 is 5.73 Å². The van der Waals surface area contributed by atoms with Crippen molar-refractivity contribution in [3.8, 4) is 0 Å². The Labute approximate surface area is 127 Å². The molecule has 4 heteroatoms. The van der Waals surface area contributed by atoms with E-state index in [9.17, 15) is 4.79 Å². The van der Waals surface area contributed by atoms with Gasteiger partial charge < -0.3 is 10.6 Å².